The summed E-state index contributed by atoms with van der Waals surface area (Å²) in [6.45, 7) is 2.82. The van der Waals surface area contributed by atoms with Crippen molar-refractivity contribution in [1.82, 2.24) is 10.2 Å². The van der Waals surface area contributed by atoms with E-state index < -0.39 is 0 Å². The predicted molar refractivity (Wildman–Crippen MR) is 116 cm³/mol. The molecule has 4 atom stereocenters. The number of carbonyl (C=O) groups excluding carboxylic acids is 2. The number of nitrogens with zero attached hydrogens (tertiary/aromatic N) is 2. The van der Waals surface area contributed by atoms with Gasteiger partial charge in [0.2, 0.25) is 5.91 Å². The minimum atomic E-state index is -0.368. The van der Waals surface area contributed by atoms with Gasteiger partial charge in [-0.1, -0.05) is 6.92 Å². The van der Waals surface area contributed by atoms with Crippen LogP contribution < -0.4 is 5.32 Å². The fourth-order valence-corrected chi connectivity index (χ4v) is 8.23. The first-order valence-corrected chi connectivity index (χ1v) is 12.4. The van der Waals surface area contributed by atoms with Gasteiger partial charge in [0.15, 0.2) is 0 Å². The number of hydrogen-bond acceptors (Lipinski definition) is 5. The van der Waals surface area contributed by atoms with Crippen LogP contribution in [-0.2, 0) is 14.3 Å². The third-order valence-electron chi connectivity index (χ3n) is 9.29. The highest BCUT2D eigenvalue weighted by molar-refractivity contribution is 5.78. The second kappa shape index (κ2) is 7.47. The molecule has 1 saturated heterocycles. The Bertz CT molecular complexity index is 779. The summed E-state index contributed by atoms with van der Waals surface area (Å²) < 4.78 is 6.32. The van der Waals surface area contributed by atoms with Crippen LogP contribution in [0.15, 0.2) is 0 Å². The zero-order valence-electron chi connectivity index (χ0n) is 19.1. The molecule has 5 aliphatic carbocycles. The van der Waals surface area contributed by atoms with Crippen LogP contribution in [-0.4, -0.2) is 47.6 Å². The molecule has 6 nitrogen and oxygen atoms in total. The molecule has 1 heterocycles. The van der Waals surface area contributed by atoms with Crippen LogP contribution in [0.3, 0.4) is 0 Å². The van der Waals surface area contributed by atoms with Crippen molar-refractivity contribution in [3.63, 3.8) is 0 Å². The number of nitriles is 1. The first kappa shape index (κ1) is 21.2. The van der Waals surface area contributed by atoms with Crippen LogP contribution in [0, 0.1) is 34.5 Å². The molecule has 0 aromatic heterocycles. The summed E-state index contributed by atoms with van der Waals surface area (Å²) in [5.41, 5.74) is -0.483. The lowest BCUT2D eigenvalue weighted by Crippen LogP contribution is -2.59. The number of amides is 1. The SMILES string of the molecule is CNC1(CC(=O)OC23CC4CC(CC(CC(=O)N5CC(C)CC5C#N)(C4)C2)C3)CCC1. The van der Waals surface area contributed by atoms with Gasteiger partial charge >= 0.3 is 5.97 Å². The van der Waals surface area contributed by atoms with Gasteiger partial charge in [0.1, 0.15) is 11.6 Å². The average molecular weight is 428 g/mol. The molecule has 4 bridgehead atoms. The Balaban J connectivity index is 1.29. The number of carbonyl (C=O) groups is 2. The molecule has 0 aromatic carbocycles. The molecule has 4 unspecified atom stereocenters. The van der Waals surface area contributed by atoms with Gasteiger partial charge in [-0.2, -0.15) is 5.26 Å². The van der Waals surface area contributed by atoms with Crippen molar-refractivity contribution in [3.05, 3.63) is 0 Å². The van der Waals surface area contributed by atoms with Crippen LogP contribution in [0.5, 0.6) is 0 Å². The van der Waals surface area contributed by atoms with E-state index >= 15 is 0 Å². The molecule has 5 saturated carbocycles. The van der Waals surface area contributed by atoms with E-state index in [4.69, 9.17) is 4.74 Å². The Kier molecular flexibility index (Phi) is 5.12. The summed E-state index contributed by atoms with van der Waals surface area (Å²) in [5, 5.41) is 12.9. The molecule has 0 radical (unpaired) electrons. The molecular formula is C25H37N3O3. The van der Waals surface area contributed by atoms with Crippen molar-refractivity contribution < 1.29 is 14.3 Å². The largest absolute Gasteiger partial charge is 0.459 e. The second-order valence-electron chi connectivity index (χ2n) is 11.9. The van der Waals surface area contributed by atoms with Gasteiger partial charge in [-0.3, -0.25) is 9.59 Å². The van der Waals surface area contributed by atoms with Gasteiger partial charge < -0.3 is 15.0 Å². The van der Waals surface area contributed by atoms with E-state index in [2.05, 4.69) is 18.3 Å². The van der Waals surface area contributed by atoms with Gasteiger partial charge in [-0.25, -0.2) is 0 Å². The van der Waals surface area contributed by atoms with Gasteiger partial charge in [-0.15, -0.1) is 0 Å². The summed E-state index contributed by atoms with van der Waals surface area (Å²) >= 11 is 0. The van der Waals surface area contributed by atoms with Crippen molar-refractivity contribution in [2.45, 2.75) is 101 Å². The maximum atomic E-state index is 13.3. The molecule has 1 amide bonds. The third-order valence-corrected chi connectivity index (χ3v) is 9.29. The second-order valence-corrected chi connectivity index (χ2v) is 11.9. The van der Waals surface area contributed by atoms with Gasteiger partial charge in [0.25, 0.3) is 0 Å². The van der Waals surface area contributed by atoms with Crippen molar-refractivity contribution in [2.24, 2.45) is 23.2 Å². The van der Waals surface area contributed by atoms with E-state index in [-0.39, 0.29) is 34.5 Å². The van der Waals surface area contributed by atoms with Crippen molar-refractivity contribution >= 4 is 11.9 Å². The maximum Gasteiger partial charge on any atom is 0.308 e. The van der Waals surface area contributed by atoms with Gasteiger partial charge in [0, 0.05) is 18.5 Å². The van der Waals surface area contributed by atoms with Crippen LogP contribution in [0.4, 0.5) is 0 Å². The average Bonchev–Trinajstić information content (AvgIpc) is 3.04. The first-order valence-electron chi connectivity index (χ1n) is 12.4. The van der Waals surface area contributed by atoms with Gasteiger partial charge in [-0.05, 0) is 94.4 Å². The summed E-state index contributed by atoms with van der Waals surface area (Å²) in [4.78, 5) is 28.1. The Morgan fingerprint density at radius 1 is 1.13 bits per heavy atom. The molecular weight excluding hydrogens is 390 g/mol. The van der Waals surface area contributed by atoms with Crippen LogP contribution in [0.2, 0.25) is 0 Å². The Morgan fingerprint density at radius 2 is 1.84 bits per heavy atom. The molecule has 31 heavy (non-hydrogen) atoms. The number of likely N-dealkylation sites (tertiary alicyclic amines) is 1. The molecule has 6 fully saturated rings. The minimum Gasteiger partial charge on any atom is -0.459 e. The Morgan fingerprint density at radius 3 is 2.42 bits per heavy atom. The zero-order chi connectivity index (χ0) is 21.9. The molecule has 6 heteroatoms. The summed E-state index contributed by atoms with van der Waals surface area (Å²) in [6, 6.07) is 2.06. The number of rotatable bonds is 6. The molecule has 0 aromatic rings. The van der Waals surface area contributed by atoms with E-state index in [9.17, 15) is 14.9 Å². The zero-order valence-corrected chi connectivity index (χ0v) is 19.1. The predicted octanol–water partition coefficient (Wildman–Crippen LogP) is 3.55. The van der Waals surface area contributed by atoms with Crippen LogP contribution >= 0.6 is 0 Å². The quantitative estimate of drug-likeness (QED) is 0.656. The summed E-state index contributed by atoms with van der Waals surface area (Å²) in [7, 11) is 1.95. The summed E-state index contributed by atoms with van der Waals surface area (Å²) in [6.07, 6.45) is 11.2. The highest BCUT2D eigenvalue weighted by Gasteiger charge is 2.60. The molecule has 170 valence electrons. The van der Waals surface area contributed by atoms with Crippen LogP contribution in [0.25, 0.3) is 0 Å². The Labute approximate surface area is 186 Å². The fraction of sp³-hybridized carbons (Fsp3) is 0.880. The smallest absolute Gasteiger partial charge is 0.308 e. The number of nitrogens with one attached hydrogen (secondary N) is 1. The lowest BCUT2D eigenvalue weighted by Gasteiger charge is -2.61. The molecule has 6 aliphatic rings. The standard InChI is InChI=1S/C25H37N3O3/c1-17-6-20(14-26)28(15-17)21(29)12-23-8-18-7-19(9-23)11-25(10-18,16-23)31-22(30)13-24(27-2)4-3-5-24/h17-20,27H,3-13,15-16H2,1-2H3. The van der Waals surface area contributed by atoms with Gasteiger partial charge in [0.05, 0.1) is 12.5 Å². The van der Waals surface area contributed by atoms with E-state index in [1.54, 1.807) is 0 Å². The van der Waals surface area contributed by atoms with E-state index in [0.717, 1.165) is 51.4 Å². The van der Waals surface area contributed by atoms with E-state index in [0.29, 0.717) is 37.1 Å². The molecule has 1 N–H and O–H groups in total. The molecule has 6 rings (SSSR count). The van der Waals surface area contributed by atoms with Crippen molar-refractivity contribution in [2.75, 3.05) is 13.6 Å². The molecule has 0 spiro atoms. The van der Waals surface area contributed by atoms with Crippen molar-refractivity contribution in [1.29, 1.82) is 5.26 Å². The Hall–Kier alpha value is -1.61. The van der Waals surface area contributed by atoms with E-state index in [1.807, 2.05) is 11.9 Å². The highest BCUT2D eigenvalue weighted by Crippen LogP contribution is 2.64. The van der Waals surface area contributed by atoms with Crippen LogP contribution in [0.1, 0.15) is 84.0 Å². The molecule has 1 aliphatic heterocycles. The monoisotopic (exact) mass is 427 g/mol. The first-order chi connectivity index (χ1) is 14.8. The lowest BCUT2D eigenvalue weighted by atomic mass is 9.47. The normalized spacial score (nSPS) is 42.2. The number of hydrogen-bond donors (Lipinski definition) is 1. The highest BCUT2D eigenvalue weighted by atomic mass is 16.6. The van der Waals surface area contributed by atoms with E-state index in [1.165, 1.54) is 12.8 Å². The van der Waals surface area contributed by atoms with Crippen molar-refractivity contribution in [3.8, 4) is 6.07 Å². The fourth-order valence-electron chi connectivity index (χ4n) is 8.23. The maximum absolute atomic E-state index is 13.3. The minimum absolute atomic E-state index is 0.0511. The lowest BCUT2D eigenvalue weighted by molar-refractivity contribution is -0.205. The topological polar surface area (TPSA) is 82.4 Å². The summed E-state index contributed by atoms with van der Waals surface area (Å²) in [5.74, 6) is 1.60. The number of esters is 1. The number of ether oxygens (including phenoxy) is 1. The third kappa shape index (κ3) is 3.77.